The third-order valence-electron chi connectivity index (χ3n) is 8.86. The Morgan fingerprint density at radius 3 is 2.66 bits per heavy atom. The molecule has 2 heterocycles. The van der Waals surface area contributed by atoms with Gasteiger partial charge in [0.15, 0.2) is 0 Å². The second-order valence-electron chi connectivity index (χ2n) is 11.4. The first-order valence-corrected chi connectivity index (χ1v) is 13.5. The van der Waals surface area contributed by atoms with Gasteiger partial charge in [0.05, 0.1) is 24.2 Å². The molecule has 0 radical (unpaired) electrons. The number of aromatic amines is 1. The van der Waals surface area contributed by atoms with Gasteiger partial charge in [0.1, 0.15) is 11.9 Å². The number of amides is 2. The summed E-state index contributed by atoms with van der Waals surface area (Å²) >= 11 is 0. The van der Waals surface area contributed by atoms with Crippen molar-refractivity contribution in [2.45, 2.75) is 96.2 Å². The van der Waals surface area contributed by atoms with Crippen LogP contribution < -0.4 is 5.32 Å². The Bertz CT molecular complexity index is 1080. The van der Waals surface area contributed by atoms with Crippen LogP contribution in [0.5, 0.6) is 0 Å². The zero-order valence-electron chi connectivity index (χ0n) is 21.5. The number of carbonyl (C=O) groups is 2. The van der Waals surface area contributed by atoms with Gasteiger partial charge in [-0.2, -0.15) is 0 Å². The molecule has 5 rings (SSSR count). The SMILES string of the molecule is COC(=O)N[C@H](C(=O)N1[C@H](c2nc3ccc(C4CCCC4C)cc3[nH]2)C[C@@H]2CCCC[C@@H]21)C(C)C. The van der Waals surface area contributed by atoms with E-state index in [2.05, 4.69) is 40.3 Å². The highest BCUT2D eigenvalue weighted by atomic mass is 16.5. The fraction of sp³-hybridized carbons (Fsp3) is 0.679. The van der Waals surface area contributed by atoms with Crippen molar-refractivity contribution in [2.24, 2.45) is 17.8 Å². The number of carbonyl (C=O) groups excluding carboxylic acids is 2. The number of hydrogen-bond acceptors (Lipinski definition) is 4. The number of rotatable bonds is 5. The van der Waals surface area contributed by atoms with Crippen molar-refractivity contribution < 1.29 is 14.3 Å². The maximum Gasteiger partial charge on any atom is 0.407 e. The lowest BCUT2D eigenvalue weighted by atomic mass is 9.84. The van der Waals surface area contributed by atoms with Crippen LogP contribution in [0.1, 0.15) is 95.5 Å². The molecule has 2 aromatic rings. The average Bonchev–Trinajstić information content (AvgIpc) is 3.56. The highest BCUT2D eigenvalue weighted by Gasteiger charge is 2.48. The Morgan fingerprint density at radius 1 is 1.14 bits per heavy atom. The van der Waals surface area contributed by atoms with Gasteiger partial charge in [-0.15, -0.1) is 0 Å². The summed E-state index contributed by atoms with van der Waals surface area (Å²) in [5.74, 6) is 2.62. The van der Waals surface area contributed by atoms with Crippen LogP contribution in [0.25, 0.3) is 11.0 Å². The van der Waals surface area contributed by atoms with Gasteiger partial charge >= 0.3 is 6.09 Å². The summed E-state index contributed by atoms with van der Waals surface area (Å²) < 4.78 is 4.82. The number of nitrogens with one attached hydrogen (secondary N) is 2. The van der Waals surface area contributed by atoms with Crippen molar-refractivity contribution in [3.63, 3.8) is 0 Å². The Kier molecular flexibility index (Phi) is 6.78. The van der Waals surface area contributed by atoms with Crippen molar-refractivity contribution in [1.29, 1.82) is 0 Å². The van der Waals surface area contributed by atoms with Crippen molar-refractivity contribution in [3.8, 4) is 0 Å². The zero-order chi connectivity index (χ0) is 24.7. The fourth-order valence-electron chi connectivity index (χ4n) is 6.96. The number of ether oxygens (including phenoxy) is 1. The van der Waals surface area contributed by atoms with Crippen LogP contribution in [0.4, 0.5) is 4.79 Å². The molecule has 2 N–H and O–H groups in total. The molecule has 7 nitrogen and oxygen atoms in total. The largest absolute Gasteiger partial charge is 0.453 e. The van der Waals surface area contributed by atoms with E-state index in [0.717, 1.165) is 48.5 Å². The number of methoxy groups -OCH3 is 1. The molecule has 1 aliphatic heterocycles. The van der Waals surface area contributed by atoms with E-state index in [0.29, 0.717) is 11.8 Å². The Hall–Kier alpha value is -2.57. The summed E-state index contributed by atoms with van der Waals surface area (Å²) in [6.45, 7) is 6.29. The number of nitrogens with zero attached hydrogens (tertiary/aromatic N) is 2. The van der Waals surface area contributed by atoms with Gasteiger partial charge in [0.25, 0.3) is 0 Å². The average molecular weight is 481 g/mol. The fourth-order valence-corrected chi connectivity index (χ4v) is 6.96. The van der Waals surface area contributed by atoms with Gasteiger partial charge in [-0.05, 0) is 67.1 Å². The molecule has 1 saturated heterocycles. The predicted molar refractivity (Wildman–Crippen MR) is 136 cm³/mol. The van der Waals surface area contributed by atoms with Crippen LogP contribution in [-0.2, 0) is 9.53 Å². The summed E-state index contributed by atoms with van der Waals surface area (Å²) in [6, 6.07) is 6.14. The molecule has 2 unspecified atom stereocenters. The smallest absolute Gasteiger partial charge is 0.407 e. The summed E-state index contributed by atoms with van der Waals surface area (Å²) in [4.78, 5) is 36.7. The summed E-state index contributed by atoms with van der Waals surface area (Å²) in [6.07, 6.45) is 8.73. The van der Waals surface area contributed by atoms with Crippen molar-refractivity contribution in [3.05, 3.63) is 29.6 Å². The Morgan fingerprint density at radius 2 is 1.94 bits per heavy atom. The highest BCUT2D eigenvalue weighted by molar-refractivity contribution is 5.87. The summed E-state index contributed by atoms with van der Waals surface area (Å²) in [5, 5.41) is 2.80. The van der Waals surface area contributed by atoms with Gasteiger partial charge in [-0.25, -0.2) is 9.78 Å². The lowest BCUT2D eigenvalue weighted by Gasteiger charge is -2.36. The molecule has 6 atom stereocenters. The maximum absolute atomic E-state index is 14.0. The molecule has 2 aliphatic carbocycles. The van der Waals surface area contributed by atoms with Gasteiger partial charge in [0, 0.05) is 6.04 Å². The third kappa shape index (κ3) is 4.54. The van der Waals surface area contributed by atoms with E-state index in [-0.39, 0.29) is 23.9 Å². The number of fused-ring (bicyclic) bond motifs is 2. The summed E-state index contributed by atoms with van der Waals surface area (Å²) in [5.41, 5.74) is 3.42. The molecular weight excluding hydrogens is 440 g/mol. The molecule has 190 valence electrons. The molecule has 7 heteroatoms. The van der Waals surface area contributed by atoms with E-state index >= 15 is 0 Å². The lowest BCUT2D eigenvalue weighted by molar-refractivity contribution is -0.138. The molecule has 2 amide bonds. The van der Waals surface area contributed by atoms with Crippen LogP contribution >= 0.6 is 0 Å². The summed E-state index contributed by atoms with van der Waals surface area (Å²) in [7, 11) is 1.34. The second kappa shape index (κ2) is 9.82. The highest BCUT2D eigenvalue weighted by Crippen LogP contribution is 2.46. The van der Waals surface area contributed by atoms with Crippen LogP contribution in [0.15, 0.2) is 18.2 Å². The lowest BCUT2D eigenvalue weighted by Crippen LogP contribution is -2.53. The maximum atomic E-state index is 14.0. The minimum Gasteiger partial charge on any atom is -0.453 e. The van der Waals surface area contributed by atoms with Crippen molar-refractivity contribution in [2.75, 3.05) is 7.11 Å². The number of alkyl carbamates (subject to hydrolysis) is 1. The standard InChI is InChI=1S/C28H40N4O3/c1-16(2)25(31-28(34)35-4)27(33)32-23-11-6-5-9-19(23)15-24(32)26-29-21-13-12-18(14-22(21)30-26)20-10-7-8-17(20)3/h12-14,16-17,19-20,23-25H,5-11,15H2,1-4H3,(H,29,30)(H,31,34)/t17?,19-,20?,23-,24-,25-/m0/s1. The minimum atomic E-state index is -0.620. The number of aromatic nitrogens is 2. The van der Waals surface area contributed by atoms with E-state index in [4.69, 9.17) is 9.72 Å². The molecule has 1 aromatic heterocycles. The quantitative estimate of drug-likeness (QED) is 0.576. The molecule has 35 heavy (non-hydrogen) atoms. The monoisotopic (exact) mass is 480 g/mol. The first-order valence-electron chi connectivity index (χ1n) is 13.5. The topological polar surface area (TPSA) is 87.3 Å². The van der Waals surface area contributed by atoms with Crippen LogP contribution in [0.3, 0.4) is 0 Å². The van der Waals surface area contributed by atoms with Crippen LogP contribution in [0.2, 0.25) is 0 Å². The van der Waals surface area contributed by atoms with Crippen molar-refractivity contribution >= 4 is 23.0 Å². The first kappa shape index (κ1) is 24.1. The van der Waals surface area contributed by atoms with E-state index in [1.54, 1.807) is 0 Å². The minimum absolute atomic E-state index is 0.0225. The van der Waals surface area contributed by atoms with Gasteiger partial charge < -0.3 is 19.9 Å². The molecule has 3 aliphatic rings. The normalized spacial score (nSPS) is 29.4. The zero-order valence-corrected chi connectivity index (χ0v) is 21.5. The molecular formula is C28H40N4O3. The van der Waals surface area contributed by atoms with Crippen LogP contribution in [-0.4, -0.2) is 46.1 Å². The van der Waals surface area contributed by atoms with E-state index in [1.807, 2.05) is 13.8 Å². The van der Waals surface area contributed by atoms with Gasteiger partial charge in [0.2, 0.25) is 5.91 Å². The predicted octanol–water partition coefficient (Wildman–Crippen LogP) is 5.68. The number of benzene rings is 1. The van der Waals surface area contributed by atoms with E-state index in [9.17, 15) is 9.59 Å². The molecule has 0 spiro atoms. The second-order valence-corrected chi connectivity index (χ2v) is 11.4. The Labute approximate surface area is 208 Å². The number of hydrogen-bond donors (Lipinski definition) is 2. The number of imidazole rings is 1. The third-order valence-corrected chi connectivity index (χ3v) is 8.86. The molecule has 1 aromatic carbocycles. The molecule has 2 saturated carbocycles. The first-order chi connectivity index (χ1) is 16.9. The number of H-pyrrole nitrogens is 1. The number of likely N-dealkylation sites (tertiary alicyclic amines) is 1. The van der Waals surface area contributed by atoms with E-state index in [1.165, 1.54) is 38.4 Å². The van der Waals surface area contributed by atoms with E-state index < -0.39 is 12.1 Å². The molecule has 3 fully saturated rings. The van der Waals surface area contributed by atoms with Crippen LogP contribution in [0, 0.1) is 17.8 Å². The Balaban J connectivity index is 1.47. The molecule has 0 bridgehead atoms. The van der Waals surface area contributed by atoms with Crippen molar-refractivity contribution in [1.82, 2.24) is 20.2 Å². The van der Waals surface area contributed by atoms with Gasteiger partial charge in [-0.3, -0.25) is 4.79 Å². The van der Waals surface area contributed by atoms with Gasteiger partial charge in [-0.1, -0.05) is 52.5 Å².